The average molecular weight is 343 g/mol. The molecule has 1 saturated heterocycles. The number of hydrogen-bond donors (Lipinski definition) is 1. The summed E-state index contributed by atoms with van der Waals surface area (Å²) in [5, 5.41) is 7.13. The van der Waals surface area contributed by atoms with Crippen LogP contribution in [0, 0.1) is 0 Å². The van der Waals surface area contributed by atoms with E-state index >= 15 is 0 Å². The zero-order valence-corrected chi connectivity index (χ0v) is 13.9. The van der Waals surface area contributed by atoms with Crippen LogP contribution in [0.3, 0.4) is 0 Å². The molecule has 2 atom stereocenters. The topological polar surface area (TPSA) is 74.6 Å². The van der Waals surface area contributed by atoms with Gasteiger partial charge < -0.3 is 19.5 Å². The first-order valence-corrected chi connectivity index (χ1v) is 8.61. The second kappa shape index (κ2) is 7.14. The van der Waals surface area contributed by atoms with Gasteiger partial charge in [0.25, 0.3) is 5.91 Å². The molecule has 0 spiro atoms. The first-order chi connectivity index (χ1) is 12.3. The summed E-state index contributed by atoms with van der Waals surface area (Å²) in [4.78, 5) is 12.4. The van der Waals surface area contributed by atoms with E-state index in [-0.39, 0.29) is 18.6 Å². The van der Waals surface area contributed by atoms with Crippen molar-refractivity contribution in [2.24, 2.45) is 0 Å². The van der Waals surface area contributed by atoms with Gasteiger partial charge in [0.2, 0.25) is 6.10 Å². The van der Waals surface area contributed by atoms with Crippen molar-refractivity contribution in [1.29, 1.82) is 0 Å². The highest BCUT2D eigenvalue weighted by Gasteiger charge is 2.27. The van der Waals surface area contributed by atoms with Gasteiger partial charge in [0.15, 0.2) is 11.5 Å². The number of aromatic nitrogens is 2. The molecule has 7 nitrogen and oxygen atoms in total. The number of nitrogens with zero attached hydrogens (tertiary/aromatic N) is 2. The summed E-state index contributed by atoms with van der Waals surface area (Å²) in [6.07, 6.45) is 6.34. The van der Waals surface area contributed by atoms with Crippen LogP contribution >= 0.6 is 0 Å². The van der Waals surface area contributed by atoms with E-state index in [0.29, 0.717) is 23.7 Å². The molecule has 0 bridgehead atoms. The third-order valence-corrected chi connectivity index (χ3v) is 4.37. The molecule has 1 fully saturated rings. The molecule has 0 aliphatic carbocycles. The summed E-state index contributed by atoms with van der Waals surface area (Å²) < 4.78 is 18.8. The molecular weight excluding hydrogens is 322 g/mol. The average Bonchev–Trinajstić information content (AvgIpc) is 3.09. The second-order valence-electron chi connectivity index (χ2n) is 6.29. The highest BCUT2D eigenvalue weighted by atomic mass is 16.6. The number of hydrogen-bond acceptors (Lipinski definition) is 5. The Morgan fingerprint density at radius 3 is 3.00 bits per heavy atom. The van der Waals surface area contributed by atoms with Gasteiger partial charge in [0, 0.05) is 12.8 Å². The SMILES string of the molecule is O=C(Nc1cnn(CC2CCCCO2)c1)C1COc2ccccc2O1. The van der Waals surface area contributed by atoms with Crippen LogP contribution in [-0.4, -0.2) is 41.1 Å². The van der Waals surface area contributed by atoms with Gasteiger partial charge in [-0.1, -0.05) is 12.1 Å². The number of nitrogens with one attached hydrogen (secondary N) is 1. The highest BCUT2D eigenvalue weighted by molar-refractivity contribution is 5.94. The Morgan fingerprint density at radius 2 is 2.16 bits per heavy atom. The smallest absolute Gasteiger partial charge is 0.269 e. The summed E-state index contributed by atoms with van der Waals surface area (Å²) in [6.45, 7) is 1.70. The molecule has 7 heteroatoms. The number of benzene rings is 1. The molecule has 4 rings (SSSR count). The number of fused-ring (bicyclic) bond motifs is 1. The lowest BCUT2D eigenvalue weighted by molar-refractivity contribution is -0.125. The largest absolute Gasteiger partial charge is 0.485 e. The fraction of sp³-hybridized carbons (Fsp3) is 0.444. The summed E-state index contributed by atoms with van der Waals surface area (Å²) in [6, 6.07) is 7.32. The number of ether oxygens (including phenoxy) is 3. The predicted molar refractivity (Wildman–Crippen MR) is 90.8 cm³/mol. The van der Waals surface area contributed by atoms with E-state index < -0.39 is 6.10 Å². The number of anilines is 1. The Hall–Kier alpha value is -2.54. The standard InChI is InChI=1S/C18H21N3O4/c22-18(17-12-24-15-6-1-2-7-16(15)25-17)20-13-9-19-21(10-13)11-14-5-3-4-8-23-14/h1-2,6-7,9-10,14,17H,3-5,8,11-12H2,(H,20,22). The number of carbonyl (C=O) groups excluding carboxylic acids is 1. The highest BCUT2D eigenvalue weighted by Crippen LogP contribution is 2.31. The lowest BCUT2D eigenvalue weighted by atomic mass is 10.1. The Kier molecular flexibility index (Phi) is 4.56. The molecule has 1 amide bonds. The Balaban J connectivity index is 1.34. The normalized spacial score (nSPS) is 22.4. The van der Waals surface area contributed by atoms with Crippen molar-refractivity contribution >= 4 is 11.6 Å². The third kappa shape index (κ3) is 3.76. The zero-order chi connectivity index (χ0) is 17.1. The van der Waals surface area contributed by atoms with Gasteiger partial charge in [0.1, 0.15) is 6.61 Å². The molecule has 0 saturated carbocycles. The van der Waals surface area contributed by atoms with Crippen molar-refractivity contribution in [3.05, 3.63) is 36.7 Å². The van der Waals surface area contributed by atoms with Gasteiger partial charge in [-0.25, -0.2) is 0 Å². The minimum Gasteiger partial charge on any atom is -0.485 e. The van der Waals surface area contributed by atoms with Crippen LogP contribution in [0.25, 0.3) is 0 Å². The summed E-state index contributed by atoms with van der Waals surface area (Å²) in [5.41, 5.74) is 0.642. The number of rotatable bonds is 4. The first-order valence-electron chi connectivity index (χ1n) is 8.61. The minimum absolute atomic E-state index is 0.187. The third-order valence-electron chi connectivity index (χ3n) is 4.37. The number of amides is 1. The second-order valence-corrected chi connectivity index (χ2v) is 6.29. The van der Waals surface area contributed by atoms with Crippen molar-refractivity contribution in [1.82, 2.24) is 9.78 Å². The quantitative estimate of drug-likeness (QED) is 0.921. The van der Waals surface area contributed by atoms with Crippen molar-refractivity contribution in [2.75, 3.05) is 18.5 Å². The Morgan fingerprint density at radius 1 is 1.28 bits per heavy atom. The molecule has 1 aromatic carbocycles. The lowest BCUT2D eigenvalue weighted by Crippen LogP contribution is -2.40. The van der Waals surface area contributed by atoms with Gasteiger partial charge >= 0.3 is 0 Å². The fourth-order valence-corrected chi connectivity index (χ4v) is 3.06. The maximum atomic E-state index is 12.4. The van der Waals surface area contributed by atoms with E-state index in [1.165, 1.54) is 6.42 Å². The molecule has 25 heavy (non-hydrogen) atoms. The van der Waals surface area contributed by atoms with Crippen LogP contribution in [0.1, 0.15) is 19.3 Å². The summed E-state index contributed by atoms with van der Waals surface area (Å²) in [7, 11) is 0. The van der Waals surface area contributed by atoms with E-state index in [1.54, 1.807) is 16.9 Å². The van der Waals surface area contributed by atoms with Gasteiger partial charge in [-0.15, -0.1) is 0 Å². The molecule has 1 aromatic heterocycles. The molecule has 2 aliphatic rings. The fourth-order valence-electron chi connectivity index (χ4n) is 3.06. The zero-order valence-electron chi connectivity index (χ0n) is 13.9. The molecule has 0 radical (unpaired) electrons. The summed E-state index contributed by atoms with van der Waals surface area (Å²) >= 11 is 0. The molecule has 2 unspecified atom stereocenters. The van der Waals surface area contributed by atoms with E-state index in [2.05, 4.69) is 10.4 Å². The van der Waals surface area contributed by atoms with Crippen molar-refractivity contribution in [3.63, 3.8) is 0 Å². The monoisotopic (exact) mass is 343 g/mol. The summed E-state index contributed by atoms with van der Waals surface area (Å²) in [5.74, 6) is 0.994. The van der Waals surface area contributed by atoms with Crippen LogP contribution in [0.15, 0.2) is 36.7 Å². The van der Waals surface area contributed by atoms with E-state index in [1.807, 2.05) is 24.4 Å². The Labute approximate surface area is 145 Å². The van der Waals surface area contributed by atoms with Crippen LogP contribution in [0.5, 0.6) is 11.5 Å². The molecule has 2 aliphatic heterocycles. The maximum absolute atomic E-state index is 12.4. The van der Waals surface area contributed by atoms with Crippen molar-refractivity contribution in [3.8, 4) is 11.5 Å². The van der Waals surface area contributed by atoms with E-state index in [0.717, 1.165) is 19.4 Å². The molecular formula is C18H21N3O4. The van der Waals surface area contributed by atoms with Gasteiger partial charge in [0.05, 0.1) is 24.5 Å². The van der Waals surface area contributed by atoms with Gasteiger partial charge in [-0.2, -0.15) is 5.10 Å². The molecule has 1 N–H and O–H groups in total. The molecule has 132 valence electrons. The van der Waals surface area contributed by atoms with Crippen molar-refractivity contribution < 1.29 is 19.0 Å². The molecule has 2 aromatic rings. The number of para-hydroxylation sites is 2. The molecule has 3 heterocycles. The first kappa shape index (κ1) is 16.0. The van der Waals surface area contributed by atoms with Crippen molar-refractivity contribution in [2.45, 2.75) is 38.0 Å². The minimum atomic E-state index is -0.681. The van der Waals surface area contributed by atoms with E-state index in [4.69, 9.17) is 14.2 Å². The van der Waals surface area contributed by atoms with Gasteiger partial charge in [-0.3, -0.25) is 9.48 Å². The van der Waals surface area contributed by atoms with Crippen LogP contribution < -0.4 is 14.8 Å². The van der Waals surface area contributed by atoms with Gasteiger partial charge in [-0.05, 0) is 31.4 Å². The van der Waals surface area contributed by atoms with Crippen LogP contribution in [-0.2, 0) is 16.1 Å². The lowest BCUT2D eigenvalue weighted by Gasteiger charge is -2.25. The maximum Gasteiger partial charge on any atom is 0.269 e. The van der Waals surface area contributed by atoms with E-state index in [9.17, 15) is 4.79 Å². The Bertz CT molecular complexity index is 739. The predicted octanol–water partition coefficient (Wildman–Crippen LogP) is 2.23. The van der Waals surface area contributed by atoms with Crippen LogP contribution in [0.4, 0.5) is 5.69 Å². The number of carbonyl (C=O) groups is 1. The van der Waals surface area contributed by atoms with Crippen LogP contribution in [0.2, 0.25) is 0 Å².